The summed E-state index contributed by atoms with van der Waals surface area (Å²) in [6.45, 7) is 18.1. The number of hydrogen-bond donors (Lipinski definition) is 1. The number of aliphatic hydroxyl groups excluding tert-OH is 1. The van der Waals surface area contributed by atoms with Crippen molar-refractivity contribution in [3.8, 4) is 0 Å². The quantitative estimate of drug-likeness (QED) is 0.563. The van der Waals surface area contributed by atoms with E-state index in [2.05, 4.69) is 38.6 Å². The molecule has 0 rings (SSSR count). The maximum atomic E-state index is 11.5. The van der Waals surface area contributed by atoms with Crippen molar-refractivity contribution in [3.05, 3.63) is 0 Å². The molecule has 0 aromatic heterocycles. The molecule has 0 aromatic carbocycles. The Morgan fingerprint density at radius 3 is 1.44 bits per heavy atom. The Morgan fingerprint density at radius 1 is 0.840 bits per heavy atom. The Hall–Kier alpha value is -0.923. The first-order valence-electron chi connectivity index (χ1n) is 8.40. The van der Waals surface area contributed by atoms with Crippen molar-refractivity contribution in [2.24, 2.45) is 10.8 Å². The molecule has 0 fully saturated rings. The average Bonchev–Trinajstić information content (AvgIpc) is 2.50. The van der Waals surface area contributed by atoms with Crippen molar-refractivity contribution in [2.75, 3.05) is 27.4 Å². The van der Waals surface area contributed by atoms with Crippen molar-refractivity contribution in [1.29, 1.82) is 0 Å². The van der Waals surface area contributed by atoms with Crippen LogP contribution in [0.3, 0.4) is 0 Å². The standard InChI is InChI=1S/C12H26O3Si.C6H12O3/c1-11(2,3)16(7,8)15-9-12(4,5)10(13)14-6;1-6(2,4-7)5(8)9-3/h9H2,1-8H3;7H,4H2,1-3H3. The van der Waals surface area contributed by atoms with Gasteiger partial charge in [-0.1, -0.05) is 20.8 Å². The molecule has 0 aromatic rings. The lowest BCUT2D eigenvalue weighted by Crippen LogP contribution is -2.44. The topological polar surface area (TPSA) is 82.1 Å². The maximum Gasteiger partial charge on any atom is 0.313 e. The van der Waals surface area contributed by atoms with E-state index in [9.17, 15) is 9.59 Å². The van der Waals surface area contributed by atoms with E-state index in [1.165, 1.54) is 14.2 Å². The minimum absolute atomic E-state index is 0.166. The van der Waals surface area contributed by atoms with E-state index in [-0.39, 0.29) is 23.6 Å². The van der Waals surface area contributed by atoms with Gasteiger partial charge in [-0.2, -0.15) is 0 Å². The lowest BCUT2D eigenvalue weighted by Gasteiger charge is -2.38. The van der Waals surface area contributed by atoms with Crippen LogP contribution in [0.25, 0.3) is 0 Å². The molecular weight excluding hydrogens is 340 g/mol. The third-order valence-electron chi connectivity index (χ3n) is 4.47. The van der Waals surface area contributed by atoms with Gasteiger partial charge < -0.3 is 19.0 Å². The van der Waals surface area contributed by atoms with Gasteiger partial charge in [-0.25, -0.2) is 0 Å². The Kier molecular flexibility index (Phi) is 10.2. The number of ether oxygens (including phenoxy) is 2. The Labute approximate surface area is 154 Å². The first-order valence-corrected chi connectivity index (χ1v) is 11.3. The highest BCUT2D eigenvalue weighted by atomic mass is 28.4. The van der Waals surface area contributed by atoms with Gasteiger partial charge in [0.1, 0.15) is 0 Å². The molecule has 0 bridgehead atoms. The van der Waals surface area contributed by atoms with Crippen molar-refractivity contribution < 1.29 is 28.6 Å². The fraction of sp³-hybridized carbons (Fsp3) is 0.889. The summed E-state index contributed by atoms with van der Waals surface area (Å²) >= 11 is 0. The second-order valence-electron chi connectivity index (χ2n) is 8.96. The molecule has 150 valence electrons. The van der Waals surface area contributed by atoms with E-state index in [4.69, 9.17) is 14.3 Å². The number of rotatable bonds is 6. The van der Waals surface area contributed by atoms with E-state index in [0.717, 1.165) is 0 Å². The normalized spacial score (nSPS) is 12.8. The molecular formula is C18H38O6Si. The van der Waals surface area contributed by atoms with Crippen LogP contribution in [0.4, 0.5) is 0 Å². The summed E-state index contributed by atoms with van der Waals surface area (Å²) in [6, 6.07) is 0. The molecule has 6 nitrogen and oxygen atoms in total. The van der Waals surface area contributed by atoms with Gasteiger partial charge in [-0.15, -0.1) is 0 Å². The van der Waals surface area contributed by atoms with Crippen molar-refractivity contribution in [2.45, 2.75) is 66.6 Å². The molecule has 0 aliphatic rings. The van der Waals surface area contributed by atoms with E-state index in [0.29, 0.717) is 6.61 Å². The zero-order valence-corrected chi connectivity index (χ0v) is 18.9. The van der Waals surface area contributed by atoms with Gasteiger partial charge in [0.15, 0.2) is 8.32 Å². The minimum atomic E-state index is -1.78. The molecule has 0 spiro atoms. The molecule has 0 atom stereocenters. The van der Waals surface area contributed by atoms with Crippen molar-refractivity contribution >= 4 is 20.3 Å². The third kappa shape index (κ3) is 8.83. The van der Waals surface area contributed by atoms with Crippen LogP contribution in [-0.4, -0.2) is 52.8 Å². The van der Waals surface area contributed by atoms with Gasteiger partial charge in [0.25, 0.3) is 0 Å². The van der Waals surface area contributed by atoms with Gasteiger partial charge in [0, 0.05) is 6.61 Å². The molecule has 0 saturated heterocycles. The van der Waals surface area contributed by atoms with Crippen LogP contribution in [0.5, 0.6) is 0 Å². The Bertz CT molecular complexity index is 435. The van der Waals surface area contributed by atoms with Crippen molar-refractivity contribution in [3.63, 3.8) is 0 Å². The first-order chi connectivity index (χ1) is 11.0. The van der Waals surface area contributed by atoms with E-state index in [1.54, 1.807) is 13.8 Å². The fourth-order valence-electron chi connectivity index (χ4n) is 1.25. The zero-order chi connectivity index (χ0) is 20.7. The highest BCUT2D eigenvalue weighted by molar-refractivity contribution is 6.74. The number of hydrogen-bond acceptors (Lipinski definition) is 6. The van der Waals surface area contributed by atoms with Crippen LogP contribution in [0.2, 0.25) is 18.1 Å². The summed E-state index contributed by atoms with van der Waals surface area (Å²) in [5.41, 5.74) is -1.32. The molecule has 0 amide bonds. The first kappa shape index (κ1) is 26.3. The lowest BCUT2D eigenvalue weighted by atomic mass is 9.95. The predicted octanol–water partition coefficient (Wildman–Crippen LogP) is 3.39. The van der Waals surface area contributed by atoms with Gasteiger partial charge >= 0.3 is 11.9 Å². The lowest BCUT2D eigenvalue weighted by molar-refractivity contribution is -0.153. The molecule has 0 heterocycles. The van der Waals surface area contributed by atoms with E-state index < -0.39 is 19.1 Å². The molecule has 0 unspecified atom stereocenters. The minimum Gasteiger partial charge on any atom is -0.469 e. The fourth-order valence-corrected chi connectivity index (χ4v) is 2.41. The van der Waals surface area contributed by atoms with Crippen molar-refractivity contribution in [1.82, 2.24) is 0 Å². The summed E-state index contributed by atoms with van der Waals surface area (Å²) in [4.78, 5) is 22.2. The molecule has 25 heavy (non-hydrogen) atoms. The highest BCUT2D eigenvalue weighted by Gasteiger charge is 2.40. The summed E-state index contributed by atoms with van der Waals surface area (Å²) in [5, 5.41) is 8.76. The van der Waals surface area contributed by atoms with Crippen LogP contribution in [-0.2, 0) is 23.5 Å². The highest BCUT2D eigenvalue weighted by Crippen LogP contribution is 2.37. The smallest absolute Gasteiger partial charge is 0.313 e. The summed E-state index contributed by atoms with van der Waals surface area (Å²) < 4.78 is 15.2. The number of carbonyl (C=O) groups excluding carboxylic acids is 2. The van der Waals surface area contributed by atoms with Crippen LogP contribution >= 0.6 is 0 Å². The summed E-state index contributed by atoms with van der Waals surface area (Å²) in [5.74, 6) is -0.601. The number of aliphatic hydroxyl groups is 1. The third-order valence-corrected chi connectivity index (χ3v) is 8.95. The predicted molar refractivity (Wildman–Crippen MR) is 102 cm³/mol. The van der Waals surface area contributed by atoms with Gasteiger partial charge in [-0.05, 0) is 45.8 Å². The number of methoxy groups -OCH3 is 2. The Morgan fingerprint density at radius 2 is 1.20 bits per heavy atom. The number of esters is 2. The van der Waals surface area contributed by atoms with Gasteiger partial charge in [-0.3, -0.25) is 9.59 Å². The van der Waals surface area contributed by atoms with Gasteiger partial charge in [0.2, 0.25) is 0 Å². The number of carbonyl (C=O) groups is 2. The zero-order valence-electron chi connectivity index (χ0n) is 17.9. The monoisotopic (exact) mass is 378 g/mol. The molecule has 0 aliphatic heterocycles. The molecule has 7 heteroatoms. The largest absolute Gasteiger partial charge is 0.469 e. The average molecular weight is 379 g/mol. The molecule has 0 aliphatic carbocycles. The van der Waals surface area contributed by atoms with Crippen LogP contribution in [0.1, 0.15) is 48.5 Å². The Balaban J connectivity index is 0. The molecule has 1 N–H and O–H groups in total. The summed E-state index contributed by atoms with van der Waals surface area (Å²) in [6.07, 6.45) is 0. The van der Waals surface area contributed by atoms with Gasteiger partial charge in [0.05, 0.1) is 31.7 Å². The second kappa shape index (κ2) is 9.69. The molecule has 0 saturated carbocycles. The van der Waals surface area contributed by atoms with Crippen LogP contribution in [0, 0.1) is 10.8 Å². The van der Waals surface area contributed by atoms with Crippen LogP contribution < -0.4 is 0 Å². The van der Waals surface area contributed by atoms with E-state index in [1.807, 2.05) is 13.8 Å². The SMILES string of the molecule is COC(=O)C(C)(C)CO.COC(=O)C(C)(C)CO[Si](C)(C)C(C)(C)C. The molecule has 0 radical (unpaired) electrons. The summed E-state index contributed by atoms with van der Waals surface area (Å²) in [7, 11) is 0.937. The second-order valence-corrected chi connectivity index (χ2v) is 13.8. The van der Waals surface area contributed by atoms with Crippen LogP contribution in [0.15, 0.2) is 0 Å². The maximum absolute atomic E-state index is 11.5. The van der Waals surface area contributed by atoms with E-state index >= 15 is 0 Å².